The molecule has 0 unspecified atom stereocenters. The van der Waals surface area contributed by atoms with Crippen LogP contribution < -0.4 is 5.84 Å². The molecule has 0 saturated heterocycles. The minimum absolute atomic E-state index is 0.294. The van der Waals surface area contributed by atoms with Crippen LogP contribution in [0.25, 0.3) is 0 Å². The van der Waals surface area contributed by atoms with Crippen molar-refractivity contribution in [3.8, 4) is 0 Å². The normalized spacial score (nSPS) is 9.33. The summed E-state index contributed by atoms with van der Waals surface area (Å²) in [4.78, 5) is 14.2. The topological polar surface area (TPSA) is 94.0 Å². The maximum atomic E-state index is 10.0. The second kappa shape index (κ2) is 1.73. The molecule has 0 spiro atoms. The number of carbonyl (C=O) groups is 1. The number of hydrogen-bond acceptors (Lipinski definition) is 4. The van der Waals surface area contributed by atoms with E-state index in [9.17, 15) is 4.79 Å². The summed E-state index contributed by atoms with van der Waals surface area (Å²) in [7, 11) is 0. The number of aromatic carboxylic acids is 1. The van der Waals surface area contributed by atoms with Crippen LogP contribution in [0.3, 0.4) is 0 Å². The first-order valence-electron chi connectivity index (χ1n) is 2.10. The van der Waals surface area contributed by atoms with Gasteiger partial charge >= 0.3 is 5.97 Å². The molecule has 0 radical (unpaired) electrons. The van der Waals surface area contributed by atoms with Gasteiger partial charge in [-0.15, -0.1) is 5.10 Å². The van der Waals surface area contributed by atoms with Crippen molar-refractivity contribution >= 4 is 5.97 Å². The number of nitrogens with two attached hydrogens (primary N) is 1. The van der Waals surface area contributed by atoms with E-state index in [4.69, 9.17) is 10.9 Å². The van der Waals surface area contributed by atoms with E-state index in [0.29, 0.717) is 0 Å². The first-order valence-corrected chi connectivity index (χ1v) is 2.10. The number of carboxylic acids is 1. The SMILES string of the molecule is Nn1cnc(C(=O)O)n1. The summed E-state index contributed by atoms with van der Waals surface area (Å²) >= 11 is 0. The monoisotopic (exact) mass is 128 g/mol. The Morgan fingerprint density at radius 3 is 2.78 bits per heavy atom. The van der Waals surface area contributed by atoms with Crippen LogP contribution in [-0.4, -0.2) is 25.9 Å². The fraction of sp³-hybridized carbons (Fsp3) is 0. The second-order valence-electron chi connectivity index (χ2n) is 1.35. The molecule has 0 amide bonds. The summed E-state index contributed by atoms with van der Waals surface area (Å²) in [6, 6.07) is 0. The Bertz CT molecular complexity index is 229. The highest BCUT2D eigenvalue weighted by atomic mass is 16.4. The largest absolute Gasteiger partial charge is 0.475 e. The van der Waals surface area contributed by atoms with E-state index in [1.807, 2.05) is 0 Å². The maximum Gasteiger partial charge on any atom is 0.375 e. The molecule has 0 fully saturated rings. The molecular weight excluding hydrogens is 124 g/mol. The Labute approximate surface area is 49.9 Å². The Morgan fingerprint density at radius 2 is 2.56 bits per heavy atom. The lowest BCUT2D eigenvalue weighted by atomic mass is 10.7. The maximum absolute atomic E-state index is 10.0. The smallest absolute Gasteiger partial charge is 0.375 e. The Morgan fingerprint density at radius 1 is 1.89 bits per heavy atom. The zero-order valence-electron chi connectivity index (χ0n) is 4.35. The predicted octanol–water partition coefficient (Wildman–Crippen LogP) is -1.31. The first kappa shape index (κ1) is 5.54. The molecule has 3 N–H and O–H groups in total. The van der Waals surface area contributed by atoms with E-state index < -0.39 is 5.97 Å². The Kier molecular flexibility index (Phi) is 1.07. The van der Waals surface area contributed by atoms with Gasteiger partial charge in [0.15, 0.2) is 0 Å². The molecule has 0 aliphatic carbocycles. The predicted molar refractivity (Wildman–Crippen MR) is 27.1 cm³/mol. The quantitative estimate of drug-likeness (QED) is 0.458. The van der Waals surface area contributed by atoms with Crippen molar-refractivity contribution < 1.29 is 9.90 Å². The van der Waals surface area contributed by atoms with Gasteiger partial charge in [-0.1, -0.05) is 0 Å². The van der Waals surface area contributed by atoms with Gasteiger partial charge in [-0.05, 0) is 0 Å². The summed E-state index contributed by atoms with van der Waals surface area (Å²) in [5.74, 6) is 3.52. The van der Waals surface area contributed by atoms with Crippen molar-refractivity contribution in [2.75, 3.05) is 5.84 Å². The molecule has 9 heavy (non-hydrogen) atoms. The fourth-order valence-corrected chi connectivity index (χ4v) is 0.373. The van der Waals surface area contributed by atoms with Crippen molar-refractivity contribution in [1.29, 1.82) is 0 Å². The van der Waals surface area contributed by atoms with Crippen LogP contribution in [0.1, 0.15) is 10.6 Å². The van der Waals surface area contributed by atoms with Crippen molar-refractivity contribution in [2.24, 2.45) is 0 Å². The third-order valence-electron chi connectivity index (χ3n) is 0.700. The van der Waals surface area contributed by atoms with E-state index in [0.717, 1.165) is 11.1 Å². The molecular formula is C3H4N4O2. The van der Waals surface area contributed by atoms with E-state index >= 15 is 0 Å². The average Bonchev–Trinajstić information content (AvgIpc) is 2.14. The molecule has 0 saturated carbocycles. The van der Waals surface area contributed by atoms with Gasteiger partial charge < -0.3 is 10.9 Å². The molecule has 1 rings (SSSR count). The minimum atomic E-state index is -1.18. The number of nitrogen functional groups attached to an aromatic ring is 1. The summed E-state index contributed by atoms with van der Waals surface area (Å²) in [6.07, 6.45) is 1.11. The number of aromatic nitrogens is 3. The number of rotatable bonds is 1. The number of carboxylic acid groups (broad SMARTS) is 1. The summed E-state index contributed by atoms with van der Waals surface area (Å²) in [6.45, 7) is 0. The molecule has 0 aromatic carbocycles. The van der Waals surface area contributed by atoms with Crippen LogP contribution in [0.2, 0.25) is 0 Å². The lowest BCUT2D eigenvalue weighted by Gasteiger charge is -1.80. The number of nitrogens with zero attached hydrogens (tertiary/aromatic N) is 3. The molecule has 1 heterocycles. The summed E-state index contributed by atoms with van der Waals surface area (Å²) in [5.41, 5.74) is 0. The standard InChI is InChI=1S/C3H4N4O2/c4-7-1-5-2(6-7)3(8)9/h1H,4H2,(H,8,9). The van der Waals surface area contributed by atoms with Gasteiger partial charge in [-0.2, -0.15) is 4.79 Å². The lowest BCUT2D eigenvalue weighted by molar-refractivity contribution is 0.0683. The van der Waals surface area contributed by atoms with Crippen LogP contribution in [-0.2, 0) is 0 Å². The van der Waals surface area contributed by atoms with Gasteiger partial charge in [0.25, 0.3) is 5.82 Å². The van der Waals surface area contributed by atoms with Crippen LogP contribution in [0.15, 0.2) is 6.33 Å². The fourth-order valence-electron chi connectivity index (χ4n) is 0.373. The third kappa shape index (κ3) is 0.958. The molecule has 1 aromatic heterocycles. The van der Waals surface area contributed by atoms with E-state index in [1.165, 1.54) is 0 Å². The molecule has 1 aromatic rings. The van der Waals surface area contributed by atoms with Gasteiger partial charge in [-0.25, -0.2) is 9.78 Å². The highest BCUT2D eigenvalue weighted by Crippen LogP contribution is 1.83. The highest BCUT2D eigenvalue weighted by Gasteiger charge is 2.05. The van der Waals surface area contributed by atoms with Crippen LogP contribution in [0.5, 0.6) is 0 Å². The van der Waals surface area contributed by atoms with Gasteiger partial charge in [0.2, 0.25) is 0 Å². The minimum Gasteiger partial charge on any atom is -0.475 e. The van der Waals surface area contributed by atoms with Crippen LogP contribution >= 0.6 is 0 Å². The molecule has 48 valence electrons. The molecule has 0 atom stereocenters. The van der Waals surface area contributed by atoms with Gasteiger partial charge in [0.05, 0.1) is 0 Å². The van der Waals surface area contributed by atoms with Crippen molar-refractivity contribution in [1.82, 2.24) is 14.9 Å². The van der Waals surface area contributed by atoms with Crippen molar-refractivity contribution in [2.45, 2.75) is 0 Å². The second-order valence-corrected chi connectivity index (χ2v) is 1.35. The van der Waals surface area contributed by atoms with Crippen molar-refractivity contribution in [3.63, 3.8) is 0 Å². The zero-order valence-corrected chi connectivity index (χ0v) is 4.35. The Balaban J connectivity index is 2.98. The first-order chi connectivity index (χ1) is 4.20. The Hall–Kier alpha value is -1.59. The van der Waals surface area contributed by atoms with E-state index in [-0.39, 0.29) is 5.82 Å². The zero-order chi connectivity index (χ0) is 6.85. The number of hydrogen-bond donors (Lipinski definition) is 2. The van der Waals surface area contributed by atoms with E-state index in [2.05, 4.69) is 10.1 Å². The molecule has 0 aliphatic rings. The van der Waals surface area contributed by atoms with Crippen molar-refractivity contribution in [3.05, 3.63) is 12.2 Å². The lowest BCUT2D eigenvalue weighted by Crippen LogP contribution is -2.09. The average molecular weight is 128 g/mol. The summed E-state index contributed by atoms with van der Waals surface area (Å²) in [5, 5.41) is 11.5. The van der Waals surface area contributed by atoms with Crippen LogP contribution in [0.4, 0.5) is 0 Å². The molecule has 6 heteroatoms. The van der Waals surface area contributed by atoms with Gasteiger partial charge in [0, 0.05) is 0 Å². The molecule has 0 aliphatic heterocycles. The highest BCUT2D eigenvalue weighted by molar-refractivity contribution is 5.82. The van der Waals surface area contributed by atoms with Gasteiger partial charge in [-0.3, -0.25) is 0 Å². The van der Waals surface area contributed by atoms with Crippen LogP contribution in [0, 0.1) is 0 Å². The molecule has 6 nitrogen and oxygen atoms in total. The van der Waals surface area contributed by atoms with E-state index in [1.54, 1.807) is 0 Å². The van der Waals surface area contributed by atoms with Gasteiger partial charge in [0.1, 0.15) is 6.33 Å². The molecule has 0 bridgehead atoms. The third-order valence-corrected chi connectivity index (χ3v) is 0.700. The summed E-state index contributed by atoms with van der Waals surface area (Å²) < 4.78 is 0.